The minimum atomic E-state index is -3.66. The molecule has 0 spiro atoms. The number of nitrogens with one attached hydrogen (secondary N) is 2. The number of carbonyl (C=O) groups excluding carboxylic acids is 1. The van der Waals surface area contributed by atoms with Gasteiger partial charge in [-0.05, 0) is 66.4 Å². The maximum atomic E-state index is 12.9. The molecule has 1 aromatic heterocycles. The third kappa shape index (κ3) is 3.60. The molecule has 4 N–H and O–H groups in total. The first-order valence-corrected chi connectivity index (χ1v) is 11.4. The van der Waals surface area contributed by atoms with Crippen LogP contribution in [0.1, 0.15) is 33.9 Å². The summed E-state index contributed by atoms with van der Waals surface area (Å²) in [4.78, 5) is 19.2. The molecule has 1 unspecified atom stereocenters. The van der Waals surface area contributed by atoms with Crippen molar-refractivity contribution in [2.45, 2.75) is 23.8 Å². The monoisotopic (exact) mass is 432 g/mol. The number of benzene rings is 3. The van der Waals surface area contributed by atoms with Crippen molar-refractivity contribution < 1.29 is 13.2 Å². The number of amides is 1. The second-order valence-electron chi connectivity index (χ2n) is 7.62. The van der Waals surface area contributed by atoms with Crippen LogP contribution in [0.25, 0.3) is 22.4 Å². The predicted octanol–water partition coefficient (Wildman–Crippen LogP) is 3.29. The molecule has 0 saturated heterocycles. The molecule has 8 heteroatoms. The minimum absolute atomic E-state index is 0.202. The lowest BCUT2D eigenvalue weighted by molar-refractivity contribution is 0.100. The summed E-state index contributed by atoms with van der Waals surface area (Å²) in [6, 6.07) is 19.3. The molecule has 1 atom stereocenters. The number of carbonyl (C=O) groups is 1. The van der Waals surface area contributed by atoms with Gasteiger partial charge >= 0.3 is 0 Å². The molecule has 4 aromatic rings. The minimum Gasteiger partial charge on any atom is -0.366 e. The van der Waals surface area contributed by atoms with Gasteiger partial charge in [0.25, 0.3) is 0 Å². The normalized spacial score (nSPS) is 15.8. The van der Waals surface area contributed by atoms with Gasteiger partial charge in [0, 0.05) is 17.2 Å². The molecular weight excluding hydrogens is 412 g/mol. The number of rotatable bonds is 5. The second-order valence-corrected chi connectivity index (χ2v) is 9.33. The average Bonchev–Trinajstić information content (AvgIpc) is 3.37. The molecule has 3 aromatic carbocycles. The van der Waals surface area contributed by atoms with Crippen LogP contribution < -0.4 is 10.5 Å². The lowest BCUT2D eigenvalue weighted by Crippen LogP contribution is -2.27. The van der Waals surface area contributed by atoms with Crippen molar-refractivity contribution in [3.63, 3.8) is 0 Å². The predicted molar refractivity (Wildman–Crippen MR) is 118 cm³/mol. The summed E-state index contributed by atoms with van der Waals surface area (Å²) in [5, 5.41) is 0. The van der Waals surface area contributed by atoms with E-state index in [2.05, 4.69) is 14.7 Å². The maximum absolute atomic E-state index is 12.9. The fourth-order valence-corrected chi connectivity index (χ4v) is 5.27. The van der Waals surface area contributed by atoms with Gasteiger partial charge in [-0.2, -0.15) is 0 Å². The van der Waals surface area contributed by atoms with Crippen molar-refractivity contribution in [2.24, 2.45) is 5.73 Å². The Morgan fingerprint density at radius 2 is 1.84 bits per heavy atom. The van der Waals surface area contributed by atoms with Crippen molar-refractivity contribution in [3.8, 4) is 11.4 Å². The molecule has 1 aliphatic rings. The highest BCUT2D eigenvalue weighted by atomic mass is 32.2. The van der Waals surface area contributed by atoms with E-state index in [1.807, 2.05) is 24.3 Å². The third-order valence-electron chi connectivity index (χ3n) is 5.64. The van der Waals surface area contributed by atoms with Crippen molar-refractivity contribution in [3.05, 3.63) is 83.4 Å². The maximum Gasteiger partial charge on any atom is 0.248 e. The number of primary amides is 1. The van der Waals surface area contributed by atoms with Gasteiger partial charge in [-0.3, -0.25) is 4.79 Å². The van der Waals surface area contributed by atoms with Gasteiger partial charge in [-0.15, -0.1) is 0 Å². The van der Waals surface area contributed by atoms with Gasteiger partial charge in [0.1, 0.15) is 5.82 Å². The number of sulfonamides is 1. The largest absolute Gasteiger partial charge is 0.366 e. The lowest BCUT2D eigenvalue weighted by atomic mass is 10.1. The number of nitrogens with two attached hydrogens (primary N) is 1. The van der Waals surface area contributed by atoms with Crippen LogP contribution in [-0.4, -0.2) is 24.3 Å². The molecule has 0 radical (unpaired) electrons. The lowest BCUT2D eigenvalue weighted by Gasteiger charge is -2.14. The van der Waals surface area contributed by atoms with Gasteiger partial charge in [-0.1, -0.05) is 24.3 Å². The van der Waals surface area contributed by atoms with Crippen LogP contribution >= 0.6 is 0 Å². The standard InChI is InChI=1S/C23H20N4O3S/c24-22(28)16-8-12-20-21(13-16)26-23(25-20)15-5-9-17(10-6-15)31(29,30)27-19-11-7-14-3-1-2-4-18(14)19/h1-6,8-10,12-13,19,27H,7,11H2,(H2,24,28)(H,25,26). The second kappa shape index (κ2) is 7.33. The number of imidazole rings is 1. The summed E-state index contributed by atoms with van der Waals surface area (Å²) in [6.07, 6.45) is 1.62. The molecule has 0 aliphatic heterocycles. The molecular formula is C23H20N4O3S. The summed E-state index contributed by atoms with van der Waals surface area (Å²) < 4.78 is 28.6. The molecule has 7 nitrogen and oxygen atoms in total. The van der Waals surface area contributed by atoms with E-state index in [0.717, 1.165) is 29.5 Å². The summed E-state index contributed by atoms with van der Waals surface area (Å²) in [5.41, 5.74) is 10.1. The molecule has 0 saturated carbocycles. The molecule has 0 fully saturated rings. The Morgan fingerprint density at radius 1 is 1.06 bits per heavy atom. The Labute approximate surface area is 179 Å². The molecule has 0 bridgehead atoms. The van der Waals surface area contributed by atoms with Gasteiger partial charge in [-0.25, -0.2) is 18.1 Å². The zero-order valence-corrected chi connectivity index (χ0v) is 17.3. The van der Waals surface area contributed by atoms with E-state index < -0.39 is 15.9 Å². The number of hydrogen-bond acceptors (Lipinski definition) is 4. The Hall–Kier alpha value is -3.49. The van der Waals surface area contributed by atoms with Gasteiger partial charge in [0.2, 0.25) is 15.9 Å². The topological polar surface area (TPSA) is 118 Å². The highest BCUT2D eigenvalue weighted by molar-refractivity contribution is 7.89. The van der Waals surface area contributed by atoms with Crippen LogP contribution in [0.5, 0.6) is 0 Å². The van der Waals surface area contributed by atoms with Crippen molar-refractivity contribution in [1.29, 1.82) is 0 Å². The van der Waals surface area contributed by atoms with Crippen LogP contribution in [0.4, 0.5) is 0 Å². The van der Waals surface area contributed by atoms with E-state index in [4.69, 9.17) is 5.73 Å². The third-order valence-corrected chi connectivity index (χ3v) is 7.12. The fraction of sp³-hybridized carbons (Fsp3) is 0.130. The van der Waals surface area contributed by atoms with Crippen LogP contribution in [0, 0.1) is 0 Å². The Kier molecular flexibility index (Phi) is 4.60. The van der Waals surface area contributed by atoms with E-state index in [9.17, 15) is 13.2 Å². The zero-order chi connectivity index (χ0) is 21.6. The molecule has 1 heterocycles. The number of fused-ring (bicyclic) bond motifs is 2. The van der Waals surface area contributed by atoms with Gasteiger partial charge in [0.15, 0.2) is 0 Å². The number of aryl methyl sites for hydroxylation is 1. The number of aromatic amines is 1. The van der Waals surface area contributed by atoms with Crippen LogP contribution in [0.15, 0.2) is 71.6 Å². The van der Waals surface area contributed by atoms with E-state index >= 15 is 0 Å². The number of H-pyrrole nitrogens is 1. The molecule has 1 aliphatic carbocycles. The SMILES string of the molecule is NC(=O)c1ccc2[nH]c(-c3ccc(S(=O)(=O)NC4CCc5ccccc54)cc3)nc2c1. The van der Waals surface area contributed by atoms with E-state index in [1.54, 1.807) is 42.5 Å². The van der Waals surface area contributed by atoms with Gasteiger partial charge in [0.05, 0.1) is 15.9 Å². The zero-order valence-electron chi connectivity index (χ0n) is 16.5. The molecule has 156 valence electrons. The number of hydrogen-bond donors (Lipinski definition) is 3. The van der Waals surface area contributed by atoms with Crippen molar-refractivity contribution in [1.82, 2.24) is 14.7 Å². The highest BCUT2D eigenvalue weighted by Gasteiger charge is 2.27. The van der Waals surface area contributed by atoms with E-state index in [1.165, 1.54) is 5.56 Å². The van der Waals surface area contributed by atoms with Crippen molar-refractivity contribution in [2.75, 3.05) is 0 Å². The summed E-state index contributed by atoms with van der Waals surface area (Å²) in [5.74, 6) is 0.0663. The van der Waals surface area contributed by atoms with Gasteiger partial charge < -0.3 is 10.7 Å². The average molecular weight is 433 g/mol. The van der Waals surface area contributed by atoms with Crippen LogP contribution in [-0.2, 0) is 16.4 Å². The number of aromatic nitrogens is 2. The van der Waals surface area contributed by atoms with E-state index in [-0.39, 0.29) is 10.9 Å². The van der Waals surface area contributed by atoms with Crippen LogP contribution in [0.3, 0.4) is 0 Å². The van der Waals surface area contributed by atoms with Crippen LogP contribution in [0.2, 0.25) is 0 Å². The quantitative estimate of drug-likeness (QED) is 0.448. The summed E-state index contributed by atoms with van der Waals surface area (Å²) in [7, 11) is -3.66. The molecule has 5 rings (SSSR count). The Balaban J connectivity index is 1.39. The first-order chi connectivity index (χ1) is 14.9. The Morgan fingerprint density at radius 3 is 2.61 bits per heavy atom. The van der Waals surface area contributed by atoms with Crippen molar-refractivity contribution >= 4 is 27.0 Å². The molecule has 31 heavy (non-hydrogen) atoms. The smallest absolute Gasteiger partial charge is 0.248 e. The Bertz CT molecular complexity index is 1410. The highest BCUT2D eigenvalue weighted by Crippen LogP contribution is 2.32. The summed E-state index contributed by atoms with van der Waals surface area (Å²) >= 11 is 0. The first kappa shape index (κ1) is 19.5. The first-order valence-electron chi connectivity index (χ1n) is 9.91. The fourth-order valence-electron chi connectivity index (χ4n) is 4.02. The van der Waals surface area contributed by atoms with E-state index in [0.29, 0.717) is 16.9 Å². The number of nitrogens with zero attached hydrogens (tertiary/aromatic N) is 1. The summed E-state index contributed by atoms with van der Waals surface area (Å²) in [6.45, 7) is 0. The molecule has 1 amide bonds.